The lowest BCUT2D eigenvalue weighted by Crippen LogP contribution is -2.49. The molecular formula is C32H31F4N3O4S. The summed E-state index contributed by atoms with van der Waals surface area (Å²) in [5.41, 5.74) is -0.321. The summed E-state index contributed by atoms with van der Waals surface area (Å²) >= 11 is 0. The second-order valence-corrected chi connectivity index (χ2v) is 12.0. The third kappa shape index (κ3) is 8.43. The summed E-state index contributed by atoms with van der Waals surface area (Å²) in [6.45, 7) is -0.0923. The first-order chi connectivity index (χ1) is 20.8. The summed E-state index contributed by atoms with van der Waals surface area (Å²) in [4.78, 5) is 13.7. The van der Waals surface area contributed by atoms with Crippen molar-refractivity contribution in [2.75, 3.05) is 17.1 Å². The van der Waals surface area contributed by atoms with E-state index in [2.05, 4.69) is 10.6 Å². The summed E-state index contributed by atoms with van der Waals surface area (Å²) in [5.74, 6) is -1.78. The van der Waals surface area contributed by atoms with Crippen LogP contribution in [0.4, 0.5) is 28.9 Å². The number of nitrogens with zero attached hydrogens (tertiary/aromatic N) is 1. The van der Waals surface area contributed by atoms with Gasteiger partial charge in [-0.2, -0.15) is 13.2 Å². The van der Waals surface area contributed by atoms with Gasteiger partial charge in [0.2, 0.25) is 10.0 Å². The molecule has 3 N–H and O–H groups in total. The number of alkyl halides is 3. The van der Waals surface area contributed by atoms with Crippen LogP contribution < -0.4 is 14.9 Å². The van der Waals surface area contributed by atoms with Crippen molar-refractivity contribution < 1.29 is 35.9 Å². The third-order valence-electron chi connectivity index (χ3n) is 6.77. The average Bonchev–Trinajstić information content (AvgIpc) is 2.98. The first-order valence-corrected chi connectivity index (χ1v) is 15.4. The Hall–Kier alpha value is -4.26. The molecule has 4 rings (SSSR count). The molecule has 0 bridgehead atoms. The highest BCUT2D eigenvalue weighted by Crippen LogP contribution is 2.34. The number of halogens is 4. The number of anilines is 2. The van der Waals surface area contributed by atoms with E-state index < -0.39 is 51.3 Å². The molecule has 0 radical (unpaired) electrons. The van der Waals surface area contributed by atoms with Crippen molar-refractivity contribution in [2.45, 2.75) is 31.3 Å². The lowest BCUT2D eigenvalue weighted by Gasteiger charge is -2.28. The Balaban J connectivity index is 1.59. The van der Waals surface area contributed by atoms with Crippen LogP contribution in [0, 0.1) is 5.82 Å². The second-order valence-electron chi connectivity index (χ2n) is 10.2. The van der Waals surface area contributed by atoms with Crippen LogP contribution >= 0.6 is 0 Å². The van der Waals surface area contributed by atoms with Crippen LogP contribution in [0.1, 0.15) is 27.0 Å². The molecule has 0 saturated carbocycles. The Bertz CT molecular complexity index is 1670. The molecule has 0 fully saturated rings. The standard InChI is InChI=1S/C32H31F4N3O4S/c1-44(42,43)39(25-14-6-3-7-15-25)30-26(16-9-17-27(30)33)31(41)38-28(19-22-10-4-2-5-11-22)29(40)21-37-20-23-12-8-13-24(18-23)32(34,35)36/h2-18,28-29,37,40H,19-21H2,1H3,(H,38,41)/t28-,29+/m0/s1. The van der Waals surface area contributed by atoms with Crippen molar-refractivity contribution in [3.8, 4) is 0 Å². The van der Waals surface area contributed by atoms with Crippen molar-refractivity contribution in [3.05, 3.63) is 131 Å². The van der Waals surface area contributed by atoms with Crippen LogP contribution in [0.5, 0.6) is 0 Å². The highest BCUT2D eigenvalue weighted by molar-refractivity contribution is 7.92. The van der Waals surface area contributed by atoms with Gasteiger partial charge in [0, 0.05) is 13.1 Å². The first kappa shape index (κ1) is 32.6. The van der Waals surface area contributed by atoms with Gasteiger partial charge < -0.3 is 15.7 Å². The molecule has 0 spiro atoms. The lowest BCUT2D eigenvalue weighted by molar-refractivity contribution is -0.137. The fraction of sp³-hybridized carbons (Fsp3) is 0.219. The van der Waals surface area contributed by atoms with Gasteiger partial charge in [-0.3, -0.25) is 4.79 Å². The van der Waals surface area contributed by atoms with Gasteiger partial charge in [-0.05, 0) is 47.9 Å². The van der Waals surface area contributed by atoms with Crippen molar-refractivity contribution in [3.63, 3.8) is 0 Å². The van der Waals surface area contributed by atoms with E-state index in [0.717, 1.165) is 34.3 Å². The number of carbonyl (C=O) groups is 1. The molecule has 7 nitrogen and oxygen atoms in total. The van der Waals surface area contributed by atoms with Gasteiger partial charge in [0.25, 0.3) is 5.91 Å². The van der Waals surface area contributed by atoms with E-state index in [9.17, 15) is 31.5 Å². The maximum atomic E-state index is 15.3. The van der Waals surface area contributed by atoms with Crippen LogP contribution in [0.15, 0.2) is 103 Å². The Kier molecular flexibility index (Phi) is 10.4. The summed E-state index contributed by atoms with van der Waals surface area (Å²) < 4.78 is 81.1. The number of nitrogens with one attached hydrogen (secondary N) is 2. The molecule has 2 atom stereocenters. The van der Waals surface area contributed by atoms with E-state index in [0.29, 0.717) is 5.56 Å². The SMILES string of the molecule is CS(=O)(=O)N(c1ccccc1)c1c(F)cccc1C(=O)N[C@@H](Cc1ccccc1)[C@H](O)CNCc1cccc(C(F)(F)F)c1. The van der Waals surface area contributed by atoms with Gasteiger partial charge in [-0.15, -0.1) is 0 Å². The summed E-state index contributed by atoms with van der Waals surface area (Å²) in [6.07, 6.45) is -4.68. The highest BCUT2D eigenvalue weighted by Gasteiger charge is 2.31. The number of aliphatic hydroxyl groups excluding tert-OH is 1. The zero-order valence-electron chi connectivity index (χ0n) is 23.6. The number of rotatable bonds is 12. The van der Waals surface area contributed by atoms with Crippen LogP contribution in [0.3, 0.4) is 0 Å². The molecule has 12 heteroatoms. The first-order valence-electron chi connectivity index (χ1n) is 13.6. The predicted octanol–water partition coefficient (Wildman–Crippen LogP) is 5.43. The van der Waals surface area contributed by atoms with Crippen LogP contribution in [0.25, 0.3) is 0 Å². The molecule has 4 aromatic carbocycles. The minimum atomic E-state index is -4.50. The largest absolute Gasteiger partial charge is 0.416 e. The summed E-state index contributed by atoms with van der Waals surface area (Å²) in [6, 6.07) is 24.1. The quantitative estimate of drug-likeness (QED) is 0.182. The molecule has 0 heterocycles. The van der Waals surface area contributed by atoms with Crippen molar-refractivity contribution in [1.29, 1.82) is 0 Å². The molecule has 0 aliphatic rings. The van der Waals surface area contributed by atoms with Gasteiger partial charge >= 0.3 is 6.18 Å². The molecule has 232 valence electrons. The molecule has 0 unspecified atom stereocenters. The van der Waals surface area contributed by atoms with Gasteiger partial charge in [0.1, 0.15) is 11.5 Å². The number of amides is 1. The van der Waals surface area contributed by atoms with Crippen molar-refractivity contribution in [2.24, 2.45) is 0 Å². The number of aliphatic hydroxyl groups is 1. The molecule has 0 aromatic heterocycles. The maximum absolute atomic E-state index is 15.3. The molecule has 0 aliphatic carbocycles. The van der Waals surface area contributed by atoms with Gasteiger partial charge in [-0.1, -0.05) is 72.8 Å². The lowest BCUT2D eigenvalue weighted by atomic mass is 10.00. The van der Waals surface area contributed by atoms with Gasteiger partial charge in [0.05, 0.1) is 35.2 Å². The van der Waals surface area contributed by atoms with Crippen LogP contribution in [-0.2, 0) is 29.2 Å². The molecular weight excluding hydrogens is 598 g/mol. The number of sulfonamides is 1. The molecule has 1 amide bonds. The van der Waals surface area contributed by atoms with E-state index in [1.165, 1.54) is 36.4 Å². The fourth-order valence-electron chi connectivity index (χ4n) is 4.72. The zero-order chi connectivity index (χ0) is 31.9. The van der Waals surface area contributed by atoms with Crippen LogP contribution in [0.2, 0.25) is 0 Å². The second kappa shape index (κ2) is 14.0. The smallest absolute Gasteiger partial charge is 0.390 e. The van der Waals surface area contributed by atoms with E-state index in [1.54, 1.807) is 48.5 Å². The predicted molar refractivity (Wildman–Crippen MR) is 160 cm³/mol. The van der Waals surface area contributed by atoms with E-state index >= 15 is 4.39 Å². The van der Waals surface area contributed by atoms with E-state index in [4.69, 9.17) is 0 Å². The van der Waals surface area contributed by atoms with Gasteiger partial charge in [0.15, 0.2) is 0 Å². The Labute approximate surface area is 253 Å². The normalized spacial score (nSPS) is 13.2. The number of para-hydroxylation sites is 2. The van der Waals surface area contributed by atoms with Gasteiger partial charge in [-0.25, -0.2) is 17.1 Å². The zero-order valence-corrected chi connectivity index (χ0v) is 24.4. The van der Waals surface area contributed by atoms with Crippen LogP contribution in [-0.4, -0.2) is 44.4 Å². The molecule has 0 saturated heterocycles. The number of carbonyl (C=O) groups excluding carboxylic acids is 1. The molecule has 4 aromatic rings. The minimum absolute atomic E-state index is 0.0153. The summed E-state index contributed by atoms with van der Waals surface area (Å²) in [7, 11) is -4.11. The monoisotopic (exact) mass is 629 g/mol. The number of benzene rings is 4. The van der Waals surface area contributed by atoms with E-state index in [-0.39, 0.29) is 30.8 Å². The Morgan fingerprint density at radius 3 is 2.14 bits per heavy atom. The molecule has 44 heavy (non-hydrogen) atoms. The van der Waals surface area contributed by atoms with E-state index in [1.807, 2.05) is 0 Å². The highest BCUT2D eigenvalue weighted by atomic mass is 32.2. The fourth-order valence-corrected chi connectivity index (χ4v) is 5.74. The third-order valence-corrected chi connectivity index (χ3v) is 7.83. The number of hydrogen-bond acceptors (Lipinski definition) is 5. The Morgan fingerprint density at radius 2 is 1.50 bits per heavy atom. The van der Waals surface area contributed by atoms with Crippen molar-refractivity contribution >= 4 is 27.3 Å². The average molecular weight is 630 g/mol. The maximum Gasteiger partial charge on any atom is 0.416 e. The number of hydrogen-bond donors (Lipinski definition) is 3. The minimum Gasteiger partial charge on any atom is -0.390 e. The molecule has 0 aliphatic heterocycles. The summed E-state index contributed by atoms with van der Waals surface area (Å²) in [5, 5.41) is 16.8. The Morgan fingerprint density at radius 1 is 0.886 bits per heavy atom. The van der Waals surface area contributed by atoms with Crippen molar-refractivity contribution in [1.82, 2.24) is 10.6 Å². The topological polar surface area (TPSA) is 98.7 Å².